The molecule has 0 atom stereocenters. The van der Waals surface area contributed by atoms with E-state index in [4.69, 9.17) is 17.3 Å². The molecule has 2 aromatic carbocycles. The Hall–Kier alpha value is -2.33. The van der Waals surface area contributed by atoms with E-state index in [1.165, 1.54) is 12.1 Å². The van der Waals surface area contributed by atoms with Crippen LogP contribution in [0.1, 0.15) is 21.5 Å². The first kappa shape index (κ1) is 15.1. The molecule has 21 heavy (non-hydrogen) atoms. The summed E-state index contributed by atoms with van der Waals surface area (Å²) in [5.74, 6) is -0.745. The van der Waals surface area contributed by atoms with E-state index in [0.29, 0.717) is 5.69 Å². The number of primary amides is 1. The molecule has 0 spiro atoms. The van der Waals surface area contributed by atoms with Gasteiger partial charge in [0.15, 0.2) is 0 Å². The van der Waals surface area contributed by atoms with E-state index in [-0.39, 0.29) is 22.9 Å². The zero-order valence-electron chi connectivity index (χ0n) is 11.5. The molecule has 0 fully saturated rings. The van der Waals surface area contributed by atoms with Crippen molar-refractivity contribution in [1.29, 1.82) is 0 Å². The molecular formula is C16H15ClN2O2. The molecule has 0 saturated heterocycles. The summed E-state index contributed by atoms with van der Waals surface area (Å²) in [6.07, 6.45) is 0.280. The molecule has 3 N–H and O–H groups in total. The summed E-state index contributed by atoms with van der Waals surface area (Å²) in [6, 6.07) is 12.3. The van der Waals surface area contributed by atoms with Crippen LogP contribution in [0.5, 0.6) is 0 Å². The maximum atomic E-state index is 12.0. The molecule has 2 aromatic rings. The van der Waals surface area contributed by atoms with Gasteiger partial charge in [-0.3, -0.25) is 9.59 Å². The number of carbonyl (C=O) groups excluding carboxylic acids is 2. The van der Waals surface area contributed by atoms with Gasteiger partial charge in [-0.1, -0.05) is 35.9 Å². The molecule has 0 unspecified atom stereocenters. The maximum Gasteiger partial charge on any atom is 0.250 e. The molecule has 0 aromatic heterocycles. The fourth-order valence-electron chi connectivity index (χ4n) is 1.98. The number of amides is 2. The van der Waals surface area contributed by atoms with Gasteiger partial charge in [0.2, 0.25) is 11.8 Å². The first-order chi connectivity index (χ1) is 9.97. The van der Waals surface area contributed by atoms with Crippen molar-refractivity contribution in [1.82, 2.24) is 0 Å². The SMILES string of the molecule is Cc1ccccc1CC(=O)Nc1ccc(C(N)=O)c(Cl)c1. The van der Waals surface area contributed by atoms with Gasteiger partial charge in [-0.2, -0.15) is 0 Å². The summed E-state index contributed by atoms with van der Waals surface area (Å²) in [6.45, 7) is 1.96. The van der Waals surface area contributed by atoms with Crippen LogP contribution in [-0.2, 0) is 11.2 Å². The molecule has 2 amide bonds. The largest absolute Gasteiger partial charge is 0.366 e. The quantitative estimate of drug-likeness (QED) is 0.911. The second kappa shape index (κ2) is 6.41. The van der Waals surface area contributed by atoms with Crippen molar-refractivity contribution in [2.24, 2.45) is 5.73 Å². The third-order valence-corrected chi connectivity index (χ3v) is 3.44. The Bertz CT molecular complexity index is 698. The monoisotopic (exact) mass is 302 g/mol. The van der Waals surface area contributed by atoms with E-state index in [9.17, 15) is 9.59 Å². The van der Waals surface area contributed by atoms with Gasteiger partial charge in [0, 0.05) is 5.69 Å². The number of hydrogen-bond donors (Lipinski definition) is 2. The van der Waals surface area contributed by atoms with Crippen LogP contribution in [0.3, 0.4) is 0 Å². The molecule has 0 aliphatic carbocycles. The average molecular weight is 303 g/mol. The number of hydrogen-bond acceptors (Lipinski definition) is 2. The van der Waals surface area contributed by atoms with Crippen molar-refractivity contribution < 1.29 is 9.59 Å². The lowest BCUT2D eigenvalue weighted by Gasteiger charge is -2.08. The van der Waals surface area contributed by atoms with Crippen molar-refractivity contribution >= 4 is 29.1 Å². The Morgan fingerprint density at radius 3 is 2.52 bits per heavy atom. The Labute approximate surface area is 127 Å². The predicted octanol–water partition coefficient (Wildman–Crippen LogP) is 2.93. The Morgan fingerprint density at radius 2 is 1.90 bits per heavy atom. The maximum absolute atomic E-state index is 12.0. The first-order valence-electron chi connectivity index (χ1n) is 6.41. The van der Waals surface area contributed by atoms with E-state index in [0.717, 1.165) is 11.1 Å². The number of nitrogens with two attached hydrogens (primary N) is 1. The van der Waals surface area contributed by atoms with Gasteiger partial charge < -0.3 is 11.1 Å². The van der Waals surface area contributed by atoms with Crippen molar-refractivity contribution in [3.05, 3.63) is 64.2 Å². The molecular weight excluding hydrogens is 288 g/mol. The number of benzene rings is 2. The lowest BCUT2D eigenvalue weighted by atomic mass is 10.1. The molecule has 0 bridgehead atoms. The van der Waals surface area contributed by atoms with Crippen molar-refractivity contribution in [3.63, 3.8) is 0 Å². The number of nitrogens with one attached hydrogen (secondary N) is 1. The highest BCUT2D eigenvalue weighted by molar-refractivity contribution is 6.34. The Morgan fingerprint density at radius 1 is 1.19 bits per heavy atom. The summed E-state index contributed by atoms with van der Waals surface area (Å²) >= 11 is 5.94. The van der Waals surface area contributed by atoms with Crippen molar-refractivity contribution in [2.75, 3.05) is 5.32 Å². The fourth-order valence-corrected chi connectivity index (χ4v) is 2.25. The third kappa shape index (κ3) is 3.83. The van der Waals surface area contributed by atoms with E-state index in [1.54, 1.807) is 6.07 Å². The van der Waals surface area contributed by atoms with E-state index < -0.39 is 5.91 Å². The minimum Gasteiger partial charge on any atom is -0.366 e. The summed E-state index contributed by atoms with van der Waals surface area (Å²) in [4.78, 5) is 23.1. The molecule has 4 nitrogen and oxygen atoms in total. The summed E-state index contributed by atoms with van der Waals surface area (Å²) in [5.41, 5.74) is 7.97. The highest BCUT2D eigenvalue weighted by Crippen LogP contribution is 2.21. The molecule has 5 heteroatoms. The number of rotatable bonds is 4. The third-order valence-electron chi connectivity index (χ3n) is 3.13. The van der Waals surface area contributed by atoms with Crippen LogP contribution >= 0.6 is 11.6 Å². The van der Waals surface area contributed by atoms with Gasteiger partial charge in [0.05, 0.1) is 17.0 Å². The summed E-state index contributed by atoms with van der Waals surface area (Å²) in [5, 5.41) is 2.97. The van der Waals surface area contributed by atoms with Gasteiger partial charge in [-0.05, 0) is 36.2 Å². The smallest absolute Gasteiger partial charge is 0.250 e. The number of halogens is 1. The van der Waals surface area contributed by atoms with Gasteiger partial charge >= 0.3 is 0 Å². The summed E-state index contributed by atoms with van der Waals surface area (Å²) in [7, 11) is 0. The number of anilines is 1. The normalized spacial score (nSPS) is 10.2. The lowest BCUT2D eigenvalue weighted by Crippen LogP contribution is -2.16. The fraction of sp³-hybridized carbons (Fsp3) is 0.125. The molecule has 0 saturated carbocycles. The zero-order valence-corrected chi connectivity index (χ0v) is 12.3. The van der Waals surface area contributed by atoms with Gasteiger partial charge in [0.25, 0.3) is 0 Å². The molecule has 0 aliphatic rings. The second-order valence-electron chi connectivity index (χ2n) is 4.71. The van der Waals surface area contributed by atoms with E-state index in [2.05, 4.69) is 5.32 Å². The lowest BCUT2D eigenvalue weighted by molar-refractivity contribution is -0.115. The number of aryl methyl sites for hydroxylation is 1. The minimum absolute atomic E-state index is 0.146. The minimum atomic E-state index is -0.599. The molecule has 0 radical (unpaired) electrons. The van der Waals surface area contributed by atoms with E-state index >= 15 is 0 Å². The highest BCUT2D eigenvalue weighted by atomic mass is 35.5. The van der Waals surface area contributed by atoms with Gasteiger partial charge in [-0.15, -0.1) is 0 Å². The Kier molecular flexibility index (Phi) is 4.60. The van der Waals surface area contributed by atoms with Crippen LogP contribution in [0.25, 0.3) is 0 Å². The van der Waals surface area contributed by atoms with Crippen LogP contribution in [0.4, 0.5) is 5.69 Å². The van der Waals surface area contributed by atoms with Crippen LogP contribution < -0.4 is 11.1 Å². The van der Waals surface area contributed by atoms with Crippen LogP contribution in [0.2, 0.25) is 5.02 Å². The van der Waals surface area contributed by atoms with Crippen molar-refractivity contribution in [2.45, 2.75) is 13.3 Å². The topological polar surface area (TPSA) is 72.2 Å². The van der Waals surface area contributed by atoms with Crippen molar-refractivity contribution in [3.8, 4) is 0 Å². The molecule has 108 valence electrons. The zero-order chi connectivity index (χ0) is 15.4. The molecule has 2 rings (SSSR count). The van der Waals surface area contributed by atoms with Crippen LogP contribution in [0.15, 0.2) is 42.5 Å². The first-order valence-corrected chi connectivity index (χ1v) is 6.79. The second-order valence-corrected chi connectivity index (χ2v) is 5.12. The average Bonchev–Trinajstić information content (AvgIpc) is 2.41. The van der Waals surface area contributed by atoms with Gasteiger partial charge in [0.1, 0.15) is 0 Å². The predicted molar refractivity (Wildman–Crippen MR) is 83.5 cm³/mol. The molecule has 0 aliphatic heterocycles. The summed E-state index contributed by atoms with van der Waals surface area (Å²) < 4.78 is 0. The standard InChI is InChI=1S/C16H15ClN2O2/c1-10-4-2-3-5-11(10)8-15(20)19-12-6-7-13(16(18)21)14(17)9-12/h2-7,9H,8H2,1H3,(H2,18,21)(H,19,20). The van der Waals surface area contributed by atoms with Crippen LogP contribution in [-0.4, -0.2) is 11.8 Å². The Balaban J connectivity index is 2.08. The van der Waals surface area contributed by atoms with E-state index in [1.807, 2.05) is 31.2 Å². The van der Waals surface area contributed by atoms with Gasteiger partial charge in [-0.25, -0.2) is 0 Å². The van der Waals surface area contributed by atoms with Crippen LogP contribution in [0, 0.1) is 6.92 Å². The highest BCUT2D eigenvalue weighted by Gasteiger charge is 2.10. The number of carbonyl (C=O) groups is 2. The molecule has 0 heterocycles.